The summed E-state index contributed by atoms with van der Waals surface area (Å²) in [5, 5.41) is 13.2. The monoisotopic (exact) mass is 484 g/mol. The van der Waals surface area contributed by atoms with E-state index in [1.807, 2.05) is 53.8 Å². The molecule has 0 fully saturated rings. The van der Waals surface area contributed by atoms with Crippen molar-refractivity contribution in [3.05, 3.63) is 89.2 Å². The summed E-state index contributed by atoms with van der Waals surface area (Å²) >= 11 is 0. The van der Waals surface area contributed by atoms with Gasteiger partial charge in [-0.05, 0) is 34.4 Å². The number of rotatable bonds is 7. The lowest BCUT2D eigenvalue weighted by molar-refractivity contribution is -0.139. The first-order chi connectivity index (χ1) is 16.8. The van der Waals surface area contributed by atoms with Gasteiger partial charge in [-0.2, -0.15) is 0 Å². The molecule has 0 heterocycles. The molecule has 180 valence electrons. The summed E-state index contributed by atoms with van der Waals surface area (Å²) in [4.78, 5) is 36.1. The average Bonchev–Trinajstić information content (AvgIpc) is 3.16. The molecular weight excluding hydrogens is 465 g/mol. The second kappa shape index (κ2) is 9.88. The standard InChI is InChI=1S/C25H19F3N2O5/c26-18-9-10-19(23(28)22(18)27)29-24(33)20(11-21(31)32)30-25(34)35-12-17-15-7-3-1-5-13(15)14-6-2-4-8-16(14)17/h1-10,17,20H,11-12H2,(H,29,33)(H,30,34)(H,31,32). The highest BCUT2D eigenvalue weighted by Gasteiger charge is 2.30. The van der Waals surface area contributed by atoms with Crippen molar-refractivity contribution in [2.45, 2.75) is 18.4 Å². The molecule has 0 saturated heterocycles. The van der Waals surface area contributed by atoms with Gasteiger partial charge >= 0.3 is 12.1 Å². The number of alkyl carbamates (subject to hydrolysis) is 1. The van der Waals surface area contributed by atoms with Crippen molar-refractivity contribution in [3.8, 4) is 11.1 Å². The molecule has 3 aromatic carbocycles. The van der Waals surface area contributed by atoms with Crippen molar-refractivity contribution in [1.29, 1.82) is 0 Å². The lowest BCUT2D eigenvalue weighted by Gasteiger charge is -2.19. The van der Waals surface area contributed by atoms with Crippen molar-refractivity contribution in [1.82, 2.24) is 5.32 Å². The number of hydrogen-bond donors (Lipinski definition) is 3. The minimum atomic E-state index is -1.80. The lowest BCUT2D eigenvalue weighted by Crippen LogP contribution is -2.45. The number of nitrogens with one attached hydrogen (secondary N) is 2. The molecule has 3 aromatic rings. The average molecular weight is 484 g/mol. The zero-order valence-corrected chi connectivity index (χ0v) is 18.1. The van der Waals surface area contributed by atoms with Gasteiger partial charge in [0.2, 0.25) is 5.91 Å². The fraction of sp³-hybridized carbons (Fsp3) is 0.160. The van der Waals surface area contributed by atoms with Crippen LogP contribution in [0.5, 0.6) is 0 Å². The number of amides is 2. The highest BCUT2D eigenvalue weighted by Crippen LogP contribution is 2.44. The van der Waals surface area contributed by atoms with Gasteiger partial charge in [0.25, 0.3) is 0 Å². The van der Waals surface area contributed by atoms with Crippen LogP contribution in [0.4, 0.5) is 23.7 Å². The van der Waals surface area contributed by atoms with Gasteiger partial charge in [-0.25, -0.2) is 18.0 Å². The Kier molecular flexibility index (Phi) is 6.72. The molecule has 1 atom stereocenters. The van der Waals surface area contributed by atoms with Crippen molar-refractivity contribution >= 4 is 23.7 Å². The molecule has 4 rings (SSSR count). The molecule has 0 radical (unpaired) electrons. The van der Waals surface area contributed by atoms with Crippen molar-refractivity contribution in [2.24, 2.45) is 0 Å². The SMILES string of the molecule is O=C(O)CC(NC(=O)OCC1c2ccccc2-c2ccccc21)C(=O)Nc1ccc(F)c(F)c1F. The Bertz CT molecular complexity index is 1270. The van der Waals surface area contributed by atoms with Crippen molar-refractivity contribution in [2.75, 3.05) is 11.9 Å². The van der Waals surface area contributed by atoms with Crippen molar-refractivity contribution in [3.63, 3.8) is 0 Å². The van der Waals surface area contributed by atoms with E-state index in [9.17, 15) is 27.6 Å². The summed E-state index contributed by atoms with van der Waals surface area (Å²) in [5.41, 5.74) is 3.21. The van der Waals surface area contributed by atoms with E-state index in [-0.39, 0.29) is 12.5 Å². The van der Waals surface area contributed by atoms with Gasteiger partial charge in [0.1, 0.15) is 12.6 Å². The molecule has 1 aliphatic carbocycles. The van der Waals surface area contributed by atoms with Crippen LogP contribution in [-0.4, -0.2) is 35.7 Å². The van der Waals surface area contributed by atoms with Crippen LogP contribution in [-0.2, 0) is 14.3 Å². The van der Waals surface area contributed by atoms with Gasteiger partial charge in [-0.3, -0.25) is 9.59 Å². The number of anilines is 1. The first-order valence-corrected chi connectivity index (χ1v) is 10.5. The molecule has 0 spiro atoms. The number of fused-ring (bicyclic) bond motifs is 3. The van der Waals surface area contributed by atoms with E-state index >= 15 is 0 Å². The van der Waals surface area contributed by atoms with Crippen LogP contribution >= 0.6 is 0 Å². The van der Waals surface area contributed by atoms with Crippen LogP contribution in [0.25, 0.3) is 11.1 Å². The van der Waals surface area contributed by atoms with E-state index in [0.717, 1.165) is 28.3 Å². The Labute approximate surface area is 197 Å². The molecule has 0 saturated carbocycles. The van der Waals surface area contributed by atoms with Crippen LogP contribution < -0.4 is 10.6 Å². The van der Waals surface area contributed by atoms with E-state index in [0.29, 0.717) is 6.07 Å². The number of benzene rings is 3. The maximum atomic E-state index is 13.9. The van der Waals surface area contributed by atoms with Gasteiger partial charge < -0.3 is 20.5 Å². The highest BCUT2D eigenvalue weighted by molar-refractivity contribution is 5.98. The van der Waals surface area contributed by atoms with Crippen LogP contribution in [0.2, 0.25) is 0 Å². The number of carbonyl (C=O) groups excluding carboxylic acids is 2. The maximum Gasteiger partial charge on any atom is 0.407 e. The molecule has 3 N–H and O–H groups in total. The number of carboxylic acids is 1. The fourth-order valence-electron chi connectivity index (χ4n) is 4.01. The normalized spacial score (nSPS) is 12.9. The largest absolute Gasteiger partial charge is 0.481 e. The first kappa shape index (κ1) is 23.8. The Balaban J connectivity index is 1.45. The number of carboxylic acid groups (broad SMARTS) is 1. The van der Waals surface area contributed by atoms with Crippen LogP contribution in [0.1, 0.15) is 23.5 Å². The smallest absolute Gasteiger partial charge is 0.407 e. The van der Waals surface area contributed by atoms with Crippen LogP contribution in [0, 0.1) is 17.5 Å². The lowest BCUT2D eigenvalue weighted by atomic mass is 9.98. The molecule has 1 unspecified atom stereocenters. The Morgan fingerprint density at radius 2 is 1.49 bits per heavy atom. The van der Waals surface area contributed by atoms with Crippen LogP contribution in [0.3, 0.4) is 0 Å². The molecular formula is C25H19F3N2O5. The second-order valence-electron chi connectivity index (χ2n) is 7.83. The predicted octanol–water partition coefficient (Wildman–Crippen LogP) is 4.42. The van der Waals surface area contributed by atoms with E-state index in [1.165, 1.54) is 0 Å². The minimum Gasteiger partial charge on any atom is -0.481 e. The molecule has 35 heavy (non-hydrogen) atoms. The van der Waals surface area contributed by atoms with Gasteiger partial charge in [0.05, 0.1) is 12.1 Å². The third-order valence-electron chi connectivity index (χ3n) is 5.62. The maximum absolute atomic E-state index is 13.9. The number of carbonyl (C=O) groups is 3. The zero-order chi connectivity index (χ0) is 25.1. The second-order valence-corrected chi connectivity index (χ2v) is 7.83. The summed E-state index contributed by atoms with van der Waals surface area (Å²) in [6.45, 7) is -0.0843. The fourth-order valence-corrected chi connectivity index (χ4v) is 4.01. The van der Waals surface area contributed by atoms with Crippen molar-refractivity contribution < 1.29 is 37.4 Å². The first-order valence-electron chi connectivity index (χ1n) is 10.5. The highest BCUT2D eigenvalue weighted by atomic mass is 19.2. The topological polar surface area (TPSA) is 105 Å². The third-order valence-corrected chi connectivity index (χ3v) is 5.62. The number of hydrogen-bond acceptors (Lipinski definition) is 4. The Morgan fingerprint density at radius 1 is 0.886 bits per heavy atom. The molecule has 2 amide bonds. The van der Waals surface area contributed by atoms with E-state index in [2.05, 4.69) is 5.32 Å². The molecule has 0 bridgehead atoms. The van der Waals surface area contributed by atoms with Gasteiger partial charge in [0.15, 0.2) is 17.5 Å². The summed E-state index contributed by atoms with van der Waals surface area (Å²) in [5.74, 6) is -7.77. The van der Waals surface area contributed by atoms with Gasteiger partial charge in [0, 0.05) is 5.92 Å². The quantitative estimate of drug-likeness (QED) is 0.431. The van der Waals surface area contributed by atoms with Gasteiger partial charge in [-0.15, -0.1) is 0 Å². The third kappa shape index (κ3) is 4.96. The zero-order valence-electron chi connectivity index (χ0n) is 18.1. The van der Waals surface area contributed by atoms with E-state index in [4.69, 9.17) is 9.84 Å². The molecule has 0 aromatic heterocycles. The number of aliphatic carboxylic acids is 1. The summed E-state index contributed by atoms with van der Waals surface area (Å²) < 4.78 is 45.7. The minimum absolute atomic E-state index is 0.0843. The van der Waals surface area contributed by atoms with E-state index in [1.54, 1.807) is 0 Å². The summed E-state index contributed by atoms with van der Waals surface area (Å²) in [6, 6.07) is 15.0. The molecule has 0 aliphatic heterocycles. The summed E-state index contributed by atoms with van der Waals surface area (Å²) in [7, 11) is 0. The van der Waals surface area contributed by atoms with Gasteiger partial charge in [-0.1, -0.05) is 48.5 Å². The molecule has 1 aliphatic rings. The van der Waals surface area contributed by atoms with E-state index < -0.39 is 53.6 Å². The predicted molar refractivity (Wildman–Crippen MR) is 119 cm³/mol. The number of halogens is 3. The van der Waals surface area contributed by atoms with Crippen LogP contribution in [0.15, 0.2) is 60.7 Å². The Morgan fingerprint density at radius 3 is 2.09 bits per heavy atom. The Hall–Kier alpha value is -4.34. The molecule has 10 heteroatoms. The number of ether oxygens (including phenoxy) is 1. The summed E-state index contributed by atoms with van der Waals surface area (Å²) in [6.07, 6.45) is -1.93. The molecule has 7 nitrogen and oxygen atoms in total.